The summed E-state index contributed by atoms with van der Waals surface area (Å²) in [5.74, 6) is 0.856. The topological polar surface area (TPSA) is 20.3 Å². The minimum Gasteiger partial charge on any atom is -0.368 e. The molecule has 0 aliphatic heterocycles. The monoisotopic (exact) mass is 293 g/mol. The van der Waals surface area contributed by atoms with Crippen LogP contribution < -0.4 is 4.90 Å². The first-order valence-electron chi connectivity index (χ1n) is 6.29. The number of halogens is 1. The van der Waals surface area contributed by atoms with E-state index in [9.17, 15) is 4.79 Å². The van der Waals surface area contributed by atoms with Crippen LogP contribution in [-0.4, -0.2) is 18.9 Å². The van der Waals surface area contributed by atoms with Gasteiger partial charge in [0.25, 0.3) is 0 Å². The minimum absolute atomic E-state index is 0.670. The molecule has 0 unspecified atom stereocenters. The molecule has 2 nitrogen and oxygen atoms in total. The lowest BCUT2D eigenvalue weighted by Crippen LogP contribution is -2.29. The third kappa shape index (κ3) is 2.54. The third-order valence-electron chi connectivity index (χ3n) is 3.57. The largest absolute Gasteiger partial charge is 0.368 e. The smallest absolute Gasteiger partial charge is 0.152 e. The molecule has 2 aliphatic carbocycles. The number of benzene rings is 1. The van der Waals surface area contributed by atoms with E-state index in [4.69, 9.17) is 0 Å². The first-order chi connectivity index (χ1) is 8.28. The molecule has 0 bridgehead atoms. The van der Waals surface area contributed by atoms with Gasteiger partial charge in [-0.1, -0.05) is 15.9 Å². The quantitative estimate of drug-likeness (QED) is 0.773. The Bertz CT molecular complexity index is 438. The van der Waals surface area contributed by atoms with Gasteiger partial charge in [0.15, 0.2) is 6.29 Å². The maximum absolute atomic E-state index is 11.1. The normalized spacial score (nSPS) is 19.1. The fraction of sp³-hybridized carbons (Fsp3) is 0.500. The second-order valence-corrected chi connectivity index (χ2v) is 6.06. The van der Waals surface area contributed by atoms with Crippen LogP contribution in [0.4, 0.5) is 5.69 Å². The summed E-state index contributed by atoms with van der Waals surface area (Å²) in [5.41, 5.74) is 1.93. The molecule has 0 radical (unpaired) electrons. The van der Waals surface area contributed by atoms with E-state index in [2.05, 4.69) is 26.9 Å². The molecule has 17 heavy (non-hydrogen) atoms. The zero-order valence-electron chi connectivity index (χ0n) is 9.73. The van der Waals surface area contributed by atoms with Crippen LogP contribution in [0.15, 0.2) is 22.7 Å². The zero-order valence-corrected chi connectivity index (χ0v) is 11.3. The molecule has 3 rings (SSSR count). The molecule has 90 valence electrons. The maximum atomic E-state index is 11.1. The van der Waals surface area contributed by atoms with Gasteiger partial charge >= 0.3 is 0 Å². The van der Waals surface area contributed by atoms with Gasteiger partial charge in [0.1, 0.15) is 0 Å². The van der Waals surface area contributed by atoms with Crippen molar-refractivity contribution in [2.75, 3.05) is 11.4 Å². The van der Waals surface area contributed by atoms with Gasteiger partial charge in [-0.3, -0.25) is 4.79 Å². The van der Waals surface area contributed by atoms with Crippen LogP contribution in [0.1, 0.15) is 36.0 Å². The molecule has 0 saturated heterocycles. The van der Waals surface area contributed by atoms with Crippen LogP contribution in [0.25, 0.3) is 0 Å². The van der Waals surface area contributed by atoms with Crippen LogP contribution in [0.3, 0.4) is 0 Å². The summed E-state index contributed by atoms with van der Waals surface area (Å²) in [7, 11) is 0. The number of rotatable bonds is 5. The van der Waals surface area contributed by atoms with Crippen LogP contribution >= 0.6 is 15.9 Å². The Hall–Kier alpha value is -0.830. The van der Waals surface area contributed by atoms with Crippen molar-refractivity contribution in [1.82, 2.24) is 0 Å². The van der Waals surface area contributed by atoms with E-state index in [1.807, 2.05) is 12.1 Å². The first-order valence-corrected chi connectivity index (χ1v) is 7.08. The van der Waals surface area contributed by atoms with Gasteiger partial charge < -0.3 is 4.90 Å². The Morgan fingerprint density at radius 3 is 2.65 bits per heavy atom. The summed E-state index contributed by atoms with van der Waals surface area (Å²) < 4.78 is 1.06. The third-order valence-corrected chi connectivity index (χ3v) is 4.06. The van der Waals surface area contributed by atoms with Crippen LogP contribution in [0, 0.1) is 5.92 Å². The predicted molar refractivity (Wildman–Crippen MR) is 72.6 cm³/mol. The number of carbonyl (C=O) groups excluding carboxylic acids is 1. The van der Waals surface area contributed by atoms with E-state index >= 15 is 0 Å². The molecule has 2 fully saturated rings. The van der Waals surface area contributed by atoms with E-state index in [-0.39, 0.29) is 0 Å². The van der Waals surface area contributed by atoms with E-state index in [0.717, 1.165) is 34.5 Å². The average Bonchev–Trinajstić information content (AvgIpc) is 3.17. The molecule has 0 N–H and O–H groups in total. The van der Waals surface area contributed by atoms with E-state index < -0.39 is 0 Å². The summed E-state index contributed by atoms with van der Waals surface area (Å²) >= 11 is 3.50. The lowest BCUT2D eigenvalue weighted by atomic mass is 10.1. The Morgan fingerprint density at radius 2 is 2.06 bits per heavy atom. The van der Waals surface area contributed by atoms with Crippen molar-refractivity contribution in [2.45, 2.75) is 31.7 Å². The van der Waals surface area contributed by atoms with E-state index in [1.54, 1.807) is 0 Å². The van der Waals surface area contributed by atoms with Crippen molar-refractivity contribution in [3.05, 3.63) is 28.2 Å². The number of aldehydes is 1. The highest BCUT2D eigenvalue weighted by Gasteiger charge is 2.34. The van der Waals surface area contributed by atoms with Crippen LogP contribution in [-0.2, 0) is 0 Å². The molecule has 1 aromatic rings. The van der Waals surface area contributed by atoms with Crippen molar-refractivity contribution in [3.8, 4) is 0 Å². The van der Waals surface area contributed by atoms with Crippen LogP contribution in [0.2, 0.25) is 0 Å². The Kier molecular flexibility index (Phi) is 2.95. The van der Waals surface area contributed by atoms with Gasteiger partial charge in [-0.25, -0.2) is 0 Å². The molecule has 0 amide bonds. The second-order valence-electron chi connectivity index (χ2n) is 5.15. The van der Waals surface area contributed by atoms with E-state index in [1.165, 1.54) is 25.7 Å². The van der Waals surface area contributed by atoms with Crippen molar-refractivity contribution < 1.29 is 4.79 Å². The zero-order chi connectivity index (χ0) is 11.8. The fourth-order valence-electron chi connectivity index (χ4n) is 2.27. The molecule has 0 heterocycles. The lowest BCUT2D eigenvalue weighted by molar-refractivity contribution is 0.112. The van der Waals surface area contributed by atoms with Gasteiger partial charge in [-0.05, 0) is 49.8 Å². The van der Waals surface area contributed by atoms with Gasteiger partial charge in [0, 0.05) is 28.3 Å². The summed E-state index contributed by atoms with van der Waals surface area (Å²) in [4.78, 5) is 13.6. The SMILES string of the molecule is O=Cc1ccc(Br)cc1N(CC1CC1)C1CC1. The van der Waals surface area contributed by atoms with E-state index in [0.29, 0.717) is 6.04 Å². The van der Waals surface area contributed by atoms with Crippen molar-refractivity contribution >= 4 is 27.9 Å². The Morgan fingerprint density at radius 1 is 1.29 bits per heavy atom. The van der Waals surface area contributed by atoms with Crippen molar-refractivity contribution in [2.24, 2.45) is 5.92 Å². The highest BCUT2D eigenvalue weighted by Crippen LogP contribution is 2.39. The number of carbonyl (C=O) groups is 1. The molecule has 0 atom stereocenters. The Balaban J connectivity index is 1.91. The first kappa shape index (κ1) is 11.3. The molecule has 0 spiro atoms. The predicted octanol–water partition coefficient (Wildman–Crippen LogP) is 3.64. The summed E-state index contributed by atoms with van der Waals surface area (Å²) in [6.07, 6.45) is 6.24. The van der Waals surface area contributed by atoms with Crippen molar-refractivity contribution in [3.63, 3.8) is 0 Å². The molecule has 1 aromatic carbocycles. The van der Waals surface area contributed by atoms with Crippen molar-refractivity contribution in [1.29, 1.82) is 0 Å². The standard InChI is InChI=1S/C14H16BrNO/c15-12-4-3-11(9-17)14(7-12)16(13-5-6-13)8-10-1-2-10/h3-4,7,9-10,13H,1-2,5-6,8H2. The average molecular weight is 294 g/mol. The summed E-state index contributed by atoms with van der Waals surface area (Å²) in [6, 6.07) is 6.61. The Labute approximate surface area is 110 Å². The number of hydrogen-bond donors (Lipinski definition) is 0. The van der Waals surface area contributed by atoms with Gasteiger partial charge in [0.05, 0.1) is 0 Å². The second kappa shape index (κ2) is 4.45. The molecule has 2 aliphatic rings. The molecular weight excluding hydrogens is 278 g/mol. The summed E-state index contributed by atoms with van der Waals surface area (Å²) in [6.45, 7) is 1.13. The molecule has 3 heteroatoms. The lowest BCUT2D eigenvalue weighted by Gasteiger charge is -2.26. The summed E-state index contributed by atoms with van der Waals surface area (Å²) in [5, 5.41) is 0. The number of anilines is 1. The van der Waals surface area contributed by atoms with Crippen LogP contribution in [0.5, 0.6) is 0 Å². The highest BCUT2D eigenvalue weighted by molar-refractivity contribution is 9.10. The highest BCUT2D eigenvalue weighted by atomic mass is 79.9. The van der Waals surface area contributed by atoms with Gasteiger partial charge in [-0.15, -0.1) is 0 Å². The van der Waals surface area contributed by atoms with Gasteiger partial charge in [0.2, 0.25) is 0 Å². The van der Waals surface area contributed by atoms with Gasteiger partial charge in [-0.2, -0.15) is 0 Å². The number of nitrogens with zero attached hydrogens (tertiary/aromatic N) is 1. The minimum atomic E-state index is 0.670. The maximum Gasteiger partial charge on any atom is 0.152 e. The number of hydrogen-bond acceptors (Lipinski definition) is 2. The molecular formula is C14H16BrNO. The molecule has 0 aromatic heterocycles. The fourth-order valence-corrected chi connectivity index (χ4v) is 2.62. The molecule has 2 saturated carbocycles.